The fraction of sp³-hybridized carbons (Fsp3) is 0.368. The first kappa shape index (κ1) is 22.3. The van der Waals surface area contributed by atoms with E-state index in [1.54, 1.807) is 12.1 Å². The summed E-state index contributed by atoms with van der Waals surface area (Å²) in [6.45, 7) is 5.06. The molecule has 7 nitrogen and oxygen atoms in total. The average Bonchev–Trinajstić information content (AvgIpc) is 2.68. The highest BCUT2D eigenvalue weighted by Crippen LogP contribution is 2.16. The van der Waals surface area contributed by atoms with Crippen molar-refractivity contribution in [2.45, 2.75) is 18.0 Å². The number of pyridine rings is 1. The standard InChI is InChI=1S/C19H24IN5O2S2/c1-25(14-17-6-5-16(20)13-22-17)9-7-24(8-10-25)19(28)23-12-15-3-2-4-18(11-15)29(21,26)27/h2-6,11,13H,7-10,12,14H2,1H3,(H2-,21,23,26,27,28)/p+1. The van der Waals surface area contributed by atoms with Gasteiger partial charge in [0, 0.05) is 16.3 Å². The van der Waals surface area contributed by atoms with Gasteiger partial charge in [-0.3, -0.25) is 4.98 Å². The normalized spacial score (nSPS) is 16.4. The average molecular weight is 546 g/mol. The summed E-state index contributed by atoms with van der Waals surface area (Å²) < 4.78 is 25.1. The zero-order valence-electron chi connectivity index (χ0n) is 16.2. The van der Waals surface area contributed by atoms with E-state index in [4.69, 9.17) is 17.4 Å². The van der Waals surface area contributed by atoms with E-state index < -0.39 is 10.0 Å². The van der Waals surface area contributed by atoms with E-state index in [-0.39, 0.29) is 4.90 Å². The lowest BCUT2D eigenvalue weighted by Gasteiger charge is -2.42. The van der Waals surface area contributed by atoms with Crippen LogP contribution in [0.5, 0.6) is 0 Å². The summed E-state index contributed by atoms with van der Waals surface area (Å²) in [4.78, 5) is 6.81. The Balaban J connectivity index is 1.51. The van der Waals surface area contributed by atoms with Gasteiger partial charge in [-0.05, 0) is 64.6 Å². The van der Waals surface area contributed by atoms with Crippen LogP contribution in [-0.4, -0.2) is 61.1 Å². The van der Waals surface area contributed by atoms with E-state index in [1.165, 1.54) is 6.07 Å². The molecule has 2 aromatic rings. The molecule has 1 aliphatic heterocycles. The number of nitrogens with one attached hydrogen (secondary N) is 1. The minimum Gasteiger partial charge on any atom is -0.358 e. The number of sulfonamides is 1. The summed E-state index contributed by atoms with van der Waals surface area (Å²) in [5, 5.41) is 9.11. The molecule has 29 heavy (non-hydrogen) atoms. The van der Waals surface area contributed by atoms with Gasteiger partial charge in [-0.15, -0.1) is 0 Å². The number of benzene rings is 1. The van der Waals surface area contributed by atoms with Crippen molar-refractivity contribution in [3.63, 3.8) is 0 Å². The molecule has 0 spiro atoms. The molecule has 0 bridgehead atoms. The molecule has 156 valence electrons. The number of hydrogen-bond acceptors (Lipinski definition) is 4. The molecule has 1 aromatic heterocycles. The van der Waals surface area contributed by atoms with E-state index >= 15 is 0 Å². The van der Waals surface area contributed by atoms with Gasteiger partial charge >= 0.3 is 0 Å². The van der Waals surface area contributed by atoms with Gasteiger partial charge in [-0.2, -0.15) is 0 Å². The molecule has 1 aliphatic rings. The smallest absolute Gasteiger partial charge is 0.238 e. The maximum absolute atomic E-state index is 11.5. The van der Waals surface area contributed by atoms with Crippen molar-refractivity contribution < 1.29 is 12.9 Å². The minimum atomic E-state index is -3.70. The Bertz CT molecular complexity index is 974. The zero-order valence-corrected chi connectivity index (χ0v) is 20.0. The Morgan fingerprint density at radius 3 is 2.66 bits per heavy atom. The van der Waals surface area contributed by atoms with E-state index in [0.717, 1.165) is 52.0 Å². The molecule has 2 heterocycles. The molecular formula is C19H25IN5O2S2+. The fourth-order valence-electron chi connectivity index (χ4n) is 3.32. The van der Waals surface area contributed by atoms with Gasteiger partial charge in [-0.1, -0.05) is 12.1 Å². The summed E-state index contributed by atoms with van der Waals surface area (Å²) >= 11 is 7.82. The van der Waals surface area contributed by atoms with Crippen molar-refractivity contribution in [2.24, 2.45) is 5.14 Å². The second-order valence-corrected chi connectivity index (χ2v) is 10.7. The molecule has 0 radical (unpaired) electrons. The second kappa shape index (κ2) is 9.21. The third-order valence-electron chi connectivity index (χ3n) is 5.11. The summed E-state index contributed by atoms with van der Waals surface area (Å²) in [5.74, 6) is 0. The van der Waals surface area contributed by atoms with E-state index in [0.29, 0.717) is 11.7 Å². The number of likely N-dealkylation sites (N-methyl/N-ethyl adjacent to an activating group) is 1. The number of hydrogen-bond donors (Lipinski definition) is 2. The lowest BCUT2D eigenvalue weighted by Crippen LogP contribution is -2.59. The third kappa shape index (κ3) is 6.32. The van der Waals surface area contributed by atoms with Crippen molar-refractivity contribution in [3.05, 3.63) is 57.4 Å². The van der Waals surface area contributed by atoms with Gasteiger partial charge in [-0.25, -0.2) is 13.6 Å². The van der Waals surface area contributed by atoms with Gasteiger partial charge in [0.25, 0.3) is 0 Å². The van der Waals surface area contributed by atoms with Crippen LogP contribution in [0.25, 0.3) is 0 Å². The predicted octanol–water partition coefficient (Wildman–Crippen LogP) is 1.67. The van der Waals surface area contributed by atoms with Gasteiger partial charge in [0.1, 0.15) is 6.54 Å². The van der Waals surface area contributed by atoms with E-state index in [1.807, 2.05) is 12.3 Å². The number of nitrogens with two attached hydrogens (primary N) is 1. The Labute approximate surface area is 191 Å². The number of halogens is 1. The van der Waals surface area contributed by atoms with Gasteiger partial charge in [0.05, 0.1) is 43.8 Å². The summed E-state index contributed by atoms with van der Waals surface area (Å²) in [5.41, 5.74) is 1.93. The SMILES string of the molecule is C[N+]1(Cc2ccc(I)cn2)CCN(C(=S)NCc2cccc(S(N)(=O)=O)c2)CC1. The lowest BCUT2D eigenvalue weighted by molar-refractivity contribution is -0.926. The molecule has 1 fully saturated rings. The van der Waals surface area contributed by atoms with Crippen LogP contribution in [0.3, 0.4) is 0 Å². The molecular weight excluding hydrogens is 521 g/mol. The maximum atomic E-state index is 11.5. The highest BCUT2D eigenvalue weighted by atomic mass is 127. The van der Waals surface area contributed by atoms with Crippen molar-refractivity contribution in [1.82, 2.24) is 15.2 Å². The van der Waals surface area contributed by atoms with Crippen molar-refractivity contribution >= 4 is 49.9 Å². The Kier molecular flexibility index (Phi) is 7.10. The van der Waals surface area contributed by atoms with Crippen LogP contribution in [0.15, 0.2) is 47.5 Å². The van der Waals surface area contributed by atoms with Crippen LogP contribution < -0.4 is 10.5 Å². The Morgan fingerprint density at radius 1 is 1.31 bits per heavy atom. The van der Waals surface area contributed by atoms with Crippen LogP contribution in [0, 0.1) is 3.57 Å². The second-order valence-electron chi connectivity index (χ2n) is 7.53. The van der Waals surface area contributed by atoms with Crippen molar-refractivity contribution in [3.8, 4) is 0 Å². The Hall–Kier alpha value is -1.34. The molecule has 3 N–H and O–H groups in total. The number of rotatable bonds is 5. The number of aromatic nitrogens is 1. The van der Waals surface area contributed by atoms with Crippen LogP contribution >= 0.6 is 34.8 Å². The molecule has 10 heteroatoms. The lowest BCUT2D eigenvalue weighted by atomic mass is 10.2. The van der Waals surface area contributed by atoms with E-state index in [9.17, 15) is 8.42 Å². The topological polar surface area (TPSA) is 88.3 Å². The predicted molar refractivity (Wildman–Crippen MR) is 125 cm³/mol. The largest absolute Gasteiger partial charge is 0.358 e. The fourth-order valence-corrected chi connectivity index (χ4v) is 4.48. The first-order chi connectivity index (χ1) is 13.6. The van der Waals surface area contributed by atoms with Gasteiger partial charge in [0.15, 0.2) is 5.11 Å². The zero-order chi connectivity index (χ0) is 21.1. The highest BCUT2D eigenvalue weighted by molar-refractivity contribution is 14.1. The van der Waals surface area contributed by atoms with Crippen LogP contribution in [0.4, 0.5) is 0 Å². The summed E-state index contributed by atoms with van der Waals surface area (Å²) in [6.07, 6.45) is 1.91. The summed E-state index contributed by atoms with van der Waals surface area (Å²) in [6, 6.07) is 10.8. The minimum absolute atomic E-state index is 0.109. The molecule has 3 rings (SSSR count). The number of thiocarbonyl (C=S) groups is 1. The molecule has 1 aromatic carbocycles. The van der Waals surface area contributed by atoms with Gasteiger partial charge in [0.2, 0.25) is 10.0 Å². The number of primary sulfonamides is 1. The Morgan fingerprint density at radius 2 is 2.03 bits per heavy atom. The summed E-state index contributed by atoms with van der Waals surface area (Å²) in [7, 11) is -1.45. The molecule has 0 atom stereocenters. The third-order valence-corrected chi connectivity index (χ3v) is 7.06. The monoisotopic (exact) mass is 546 g/mol. The molecule has 0 amide bonds. The quantitative estimate of drug-likeness (QED) is 0.337. The van der Waals surface area contributed by atoms with E-state index in [2.05, 4.69) is 57.0 Å². The van der Waals surface area contributed by atoms with Crippen LogP contribution in [0.1, 0.15) is 11.3 Å². The first-order valence-corrected chi connectivity index (χ1v) is 12.3. The highest BCUT2D eigenvalue weighted by Gasteiger charge is 2.30. The molecule has 1 saturated heterocycles. The first-order valence-electron chi connectivity index (χ1n) is 9.23. The van der Waals surface area contributed by atoms with Gasteiger partial charge < -0.3 is 14.7 Å². The molecule has 0 aliphatic carbocycles. The molecule has 0 saturated carbocycles. The number of quaternary nitrogens is 1. The van der Waals surface area contributed by atoms with Crippen LogP contribution in [-0.2, 0) is 23.1 Å². The van der Waals surface area contributed by atoms with Crippen molar-refractivity contribution in [1.29, 1.82) is 0 Å². The molecule has 0 unspecified atom stereocenters. The number of piperazine rings is 1. The number of nitrogens with zero attached hydrogens (tertiary/aromatic N) is 3. The van der Waals surface area contributed by atoms with Crippen molar-refractivity contribution in [2.75, 3.05) is 33.2 Å². The van der Waals surface area contributed by atoms with Crippen LogP contribution in [0.2, 0.25) is 0 Å². The maximum Gasteiger partial charge on any atom is 0.238 e.